The molecular formula is C15H16F3N3O. The number of carbonyl (C=O) groups is 1. The van der Waals surface area contributed by atoms with Crippen molar-refractivity contribution in [2.24, 2.45) is 0 Å². The molecular weight excluding hydrogens is 295 g/mol. The number of hydrogen-bond acceptors (Lipinski definition) is 2. The molecule has 1 aliphatic carbocycles. The standard InChI is InChI=1S/C15H16F3N3O/c1-14(7-4-8-14)20-12(22)9-21-11-6-3-2-5-10(11)19-13(21)15(16,17)18/h2-3,5-6H,4,7-9H2,1H3,(H,20,22). The summed E-state index contributed by atoms with van der Waals surface area (Å²) >= 11 is 0. The van der Waals surface area contributed by atoms with E-state index in [-0.39, 0.29) is 17.6 Å². The number of imidazole rings is 1. The minimum Gasteiger partial charge on any atom is -0.349 e. The SMILES string of the molecule is CC1(NC(=O)Cn2c(C(F)(F)F)nc3ccccc32)CCC1. The maximum absolute atomic E-state index is 13.1. The number of amides is 1. The molecule has 22 heavy (non-hydrogen) atoms. The molecule has 0 saturated heterocycles. The lowest BCUT2D eigenvalue weighted by atomic mass is 9.78. The number of benzene rings is 1. The van der Waals surface area contributed by atoms with Gasteiger partial charge < -0.3 is 9.88 Å². The smallest absolute Gasteiger partial charge is 0.349 e. The van der Waals surface area contributed by atoms with Crippen molar-refractivity contribution < 1.29 is 18.0 Å². The second kappa shape index (κ2) is 5.00. The molecule has 1 aliphatic rings. The highest BCUT2D eigenvalue weighted by molar-refractivity contribution is 5.81. The van der Waals surface area contributed by atoms with Crippen molar-refractivity contribution in [3.63, 3.8) is 0 Å². The summed E-state index contributed by atoms with van der Waals surface area (Å²) in [5.41, 5.74) is 0.257. The maximum atomic E-state index is 13.1. The van der Waals surface area contributed by atoms with E-state index < -0.39 is 17.9 Å². The first kappa shape index (κ1) is 14.9. The number of halogens is 3. The summed E-state index contributed by atoms with van der Waals surface area (Å²) in [6.07, 6.45) is -1.86. The number of aromatic nitrogens is 2. The number of nitrogens with one attached hydrogen (secondary N) is 1. The third kappa shape index (κ3) is 2.67. The molecule has 1 N–H and O–H groups in total. The van der Waals surface area contributed by atoms with E-state index in [1.807, 2.05) is 6.92 Å². The first-order valence-electron chi connectivity index (χ1n) is 7.12. The average molecular weight is 311 g/mol. The highest BCUT2D eigenvalue weighted by Crippen LogP contribution is 2.33. The van der Waals surface area contributed by atoms with E-state index in [4.69, 9.17) is 0 Å². The van der Waals surface area contributed by atoms with Crippen LogP contribution < -0.4 is 5.32 Å². The number of para-hydroxylation sites is 2. The molecule has 0 bridgehead atoms. The second-order valence-electron chi connectivity index (χ2n) is 5.97. The topological polar surface area (TPSA) is 46.9 Å². The van der Waals surface area contributed by atoms with E-state index in [0.29, 0.717) is 5.52 Å². The Balaban J connectivity index is 1.93. The fourth-order valence-electron chi connectivity index (χ4n) is 2.80. The monoisotopic (exact) mass is 311 g/mol. The van der Waals surface area contributed by atoms with Crippen molar-refractivity contribution in [2.75, 3.05) is 0 Å². The summed E-state index contributed by atoms with van der Waals surface area (Å²) in [4.78, 5) is 15.7. The Labute approximate surface area is 125 Å². The minimum atomic E-state index is -4.60. The first-order valence-corrected chi connectivity index (χ1v) is 7.12. The van der Waals surface area contributed by atoms with Crippen molar-refractivity contribution in [3.05, 3.63) is 30.1 Å². The zero-order valence-electron chi connectivity index (χ0n) is 12.1. The summed E-state index contributed by atoms with van der Waals surface area (Å²) in [7, 11) is 0. The van der Waals surface area contributed by atoms with Crippen LogP contribution in [0.5, 0.6) is 0 Å². The van der Waals surface area contributed by atoms with Crippen LogP contribution in [0, 0.1) is 0 Å². The number of hydrogen-bond donors (Lipinski definition) is 1. The molecule has 0 unspecified atom stereocenters. The van der Waals surface area contributed by atoms with Crippen LogP contribution in [0.1, 0.15) is 32.0 Å². The second-order valence-corrected chi connectivity index (χ2v) is 5.97. The summed E-state index contributed by atoms with van der Waals surface area (Å²) < 4.78 is 40.3. The number of carbonyl (C=O) groups excluding carboxylic acids is 1. The fourth-order valence-corrected chi connectivity index (χ4v) is 2.80. The van der Waals surface area contributed by atoms with Gasteiger partial charge in [0.05, 0.1) is 11.0 Å². The lowest BCUT2D eigenvalue weighted by Gasteiger charge is -2.39. The molecule has 2 aromatic rings. The Morgan fingerprint density at radius 2 is 2.05 bits per heavy atom. The molecule has 118 valence electrons. The van der Waals surface area contributed by atoms with Gasteiger partial charge in [0.25, 0.3) is 0 Å². The Kier molecular flexibility index (Phi) is 3.38. The normalized spacial score (nSPS) is 17.3. The molecule has 3 rings (SSSR count). The Morgan fingerprint density at radius 1 is 1.36 bits per heavy atom. The van der Waals surface area contributed by atoms with Crippen molar-refractivity contribution in [3.8, 4) is 0 Å². The van der Waals surface area contributed by atoms with Gasteiger partial charge in [-0.15, -0.1) is 0 Å². The first-order chi connectivity index (χ1) is 10.3. The van der Waals surface area contributed by atoms with Gasteiger partial charge >= 0.3 is 6.18 Å². The van der Waals surface area contributed by atoms with E-state index >= 15 is 0 Å². The van der Waals surface area contributed by atoms with E-state index in [2.05, 4.69) is 10.3 Å². The lowest BCUT2D eigenvalue weighted by Crippen LogP contribution is -2.51. The molecule has 1 saturated carbocycles. The van der Waals surface area contributed by atoms with Gasteiger partial charge in [-0.1, -0.05) is 12.1 Å². The third-order valence-corrected chi connectivity index (χ3v) is 4.11. The summed E-state index contributed by atoms with van der Waals surface area (Å²) in [5.74, 6) is -1.46. The number of nitrogens with zero attached hydrogens (tertiary/aromatic N) is 2. The van der Waals surface area contributed by atoms with Crippen LogP contribution in [-0.2, 0) is 17.5 Å². The number of fused-ring (bicyclic) bond motifs is 1. The zero-order valence-corrected chi connectivity index (χ0v) is 12.1. The number of alkyl halides is 3. The molecule has 1 aromatic heterocycles. The summed E-state index contributed by atoms with van der Waals surface area (Å²) in [6, 6.07) is 6.29. The van der Waals surface area contributed by atoms with E-state index in [1.165, 1.54) is 12.1 Å². The van der Waals surface area contributed by atoms with Crippen LogP contribution in [-0.4, -0.2) is 21.0 Å². The molecule has 0 atom stereocenters. The lowest BCUT2D eigenvalue weighted by molar-refractivity contribution is -0.147. The van der Waals surface area contributed by atoms with Gasteiger partial charge in [-0.05, 0) is 38.3 Å². The molecule has 0 radical (unpaired) electrons. The Hall–Kier alpha value is -2.05. The predicted octanol–water partition coefficient (Wildman–Crippen LogP) is 3.11. The average Bonchev–Trinajstić information content (AvgIpc) is 2.76. The quantitative estimate of drug-likeness (QED) is 0.947. The molecule has 1 fully saturated rings. The molecule has 0 spiro atoms. The van der Waals surface area contributed by atoms with E-state index in [9.17, 15) is 18.0 Å². The van der Waals surface area contributed by atoms with Crippen LogP contribution in [0.25, 0.3) is 11.0 Å². The summed E-state index contributed by atoms with van der Waals surface area (Å²) in [5, 5.41) is 2.82. The van der Waals surface area contributed by atoms with Gasteiger partial charge in [0, 0.05) is 5.54 Å². The maximum Gasteiger partial charge on any atom is 0.449 e. The van der Waals surface area contributed by atoms with Crippen molar-refractivity contribution in [2.45, 2.75) is 44.4 Å². The zero-order chi connectivity index (χ0) is 16.0. The Bertz CT molecular complexity index is 716. The van der Waals surface area contributed by atoms with Gasteiger partial charge in [0.15, 0.2) is 0 Å². The largest absolute Gasteiger partial charge is 0.449 e. The van der Waals surface area contributed by atoms with Gasteiger partial charge in [-0.2, -0.15) is 13.2 Å². The van der Waals surface area contributed by atoms with Crippen LogP contribution in [0.15, 0.2) is 24.3 Å². The minimum absolute atomic E-state index is 0.234. The van der Waals surface area contributed by atoms with Crippen LogP contribution in [0.3, 0.4) is 0 Å². The molecule has 4 nitrogen and oxygen atoms in total. The third-order valence-electron chi connectivity index (χ3n) is 4.11. The van der Waals surface area contributed by atoms with Crippen LogP contribution in [0.2, 0.25) is 0 Å². The highest BCUT2D eigenvalue weighted by Gasteiger charge is 2.39. The summed E-state index contributed by atoms with van der Waals surface area (Å²) in [6.45, 7) is 1.52. The molecule has 1 amide bonds. The molecule has 1 aromatic carbocycles. The van der Waals surface area contributed by atoms with Crippen LogP contribution >= 0.6 is 0 Å². The molecule has 7 heteroatoms. The van der Waals surface area contributed by atoms with Crippen molar-refractivity contribution in [1.82, 2.24) is 14.9 Å². The Morgan fingerprint density at radius 3 is 2.64 bits per heavy atom. The van der Waals surface area contributed by atoms with Gasteiger partial charge in [-0.25, -0.2) is 4.98 Å². The molecule has 0 aliphatic heterocycles. The number of rotatable bonds is 3. The van der Waals surface area contributed by atoms with Gasteiger partial charge in [0.1, 0.15) is 6.54 Å². The van der Waals surface area contributed by atoms with E-state index in [1.54, 1.807) is 12.1 Å². The van der Waals surface area contributed by atoms with Crippen molar-refractivity contribution in [1.29, 1.82) is 0 Å². The van der Waals surface area contributed by atoms with Crippen molar-refractivity contribution >= 4 is 16.9 Å². The molecule has 1 heterocycles. The predicted molar refractivity (Wildman–Crippen MR) is 75.1 cm³/mol. The van der Waals surface area contributed by atoms with Gasteiger partial charge in [0.2, 0.25) is 11.7 Å². The van der Waals surface area contributed by atoms with Gasteiger partial charge in [-0.3, -0.25) is 4.79 Å². The fraction of sp³-hybridized carbons (Fsp3) is 0.467. The van der Waals surface area contributed by atoms with Crippen LogP contribution in [0.4, 0.5) is 13.2 Å². The van der Waals surface area contributed by atoms with E-state index in [0.717, 1.165) is 23.8 Å². The highest BCUT2D eigenvalue weighted by atomic mass is 19.4.